The Bertz CT molecular complexity index is 239. The summed E-state index contributed by atoms with van der Waals surface area (Å²) in [6.07, 6.45) is 2.59. The Kier molecular flexibility index (Phi) is 6.77. The van der Waals surface area contributed by atoms with Gasteiger partial charge in [0.1, 0.15) is 0 Å². The van der Waals surface area contributed by atoms with E-state index in [0.717, 1.165) is 26.0 Å². The van der Waals surface area contributed by atoms with Crippen molar-refractivity contribution in [3.05, 3.63) is 0 Å². The van der Waals surface area contributed by atoms with Crippen LogP contribution in [0.25, 0.3) is 0 Å². The summed E-state index contributed by atoms with van der Waals surface area (Å²) in [6, 6.07) is 0.238. The van der Waals surface area contributed by atoms with E-state index in [1.54, 1.807) is 7.11 Å². The second-order valence-electron chi connectivity index (χ2n) is 4.58. The van der Waals surface area contributed by atoms with Crippen LogP contribution in [-0.4, -0.2) is 44.1 Å². The van der Waals surface area contributed by atoms with Gasteiger partial charge in [-0.25, -0.2) is 0 Å². The van der Waals surface area contributed by atoms with Crippen molar-refractivity contribution in [1.29, 1.82) is 0 Å². The van der Waals surface area contributed by atoms with Crippen LogP contribution in [0.1, 0.15) is 26.7 Å². The van der Waals surface area contributed by atoms with Crippen molar-refractivity contribution in [3.8, 4) is 0 Å². The molecule has 1 aliphatic heterocycles. The summed E-state index contributed by atoms with van der Waals surface area (Å²) in [5.74, 6) is 0.581. The van der Waals surface area contributed by atoms with Gasteiger partial charge in [0.25, 0.3) is 0 Å². The molecule has 0 saturated carbocycles. The lowest BCUT2D eigenvalue weighted by Crippen LogP contribution is -2.44. The van der Waals surface area contributed by atoms with E-state index in [1.165, 1.54) is 0 Å². The minimum Gasteiger partial charge on any atom is -0.383 e. The SMILES string of the molecule is CCC1OCCC1CNC(=S)NC(C)COC. The summed E-state index contributed by atoms with van der Waals surface area (Å²) in [5, 5.41) is 7.16. The molecule has 17 heavy (non-hydrogen) atoms. The van der Waals surface area contributed by atoms with Crippen LogP contribution >= 0.6 is 12.2 Å². The summed E-state index contributed by atoms with van der Waals surface area (Å²) in [7, 11) is 1.69. The summed E-state index contributed by atoms with van der Waals surface area (Å²) in [4.78, 5) is 0. The molecule has 1 saturated heterocycles. The van der Waals surface area contributed by atoms with E-state index < -0.39 is 0 Å². The highest BCUT2D eigenvalue weighted by Crippen LogP contribution is 2.22. The number of hydrogen-bond acceptors (Lipinski definition) is 3. The predicted octanol–water partition coefficient (Wildman–Crippen LogP) is 1.30. The molecule has 0 aromatic carbocycles. The Morgan fingerprint density at radius 2 is 2.35 bits per heavy atom. The van der Waals surface area contributed by atoms with E-state index in [9.17, 15) is 0 Å². The van der Waals surface area contributed by atoms with Crippen molar-refractivity contribution in [2.45, 2.75) is 38.8 Å². The van der Waals surface area contributed by atoms with E-state index >= 15 is 0 Å². The van der Waals surface area contributed by atoms with Crippen molar-refractivity contribution in [2.75, 3.05) is 26.9 Å². The van der Waals surface area contributed by atoms with Crippen molar-refractivity contribution in [3.63, 3.8) is 0 Å². The first-order valence-electron chi connectivity index (χ1n) is 6.32. The fraction of sp³-hybridized carbons (Fsp3) is 0.917. The quantitative estimate of drug-likeness (QED) is 0.705. The van der Waals surface area contributed by atoms with Gasteiger partial charge in [-0.15, -0.1) is 0 Å². The summed E-state index contributed by atoms with van der Waals surface area (Å²) in [6.45, 7) is 6.65. The Hall–Kier alpha value is -0.390. The molecule has 0 aliphatic carbocycles. The number of rotatable bonds is 6. The second-order valence-corrected chi connectivity index (χ2v) is 4.99. The molecule has 0 spiro atoms. The highest BCUT2D eigenvalue weighted by molar-refractivity contribution is 7.80. The fourth-order valence-corrected chi connectivity index (χ4v) is 2.45. The lowest BCUT2D eigenvalue weighted by molar-refractivity contribution is 0.0882. The maximum atomic E-state index is 5.64. The molecule has 4 nitrogen and oxygen atoms in total. The Morgan fingerprint density at radius 3 is 3.00 bits per heavy atom. The zero-order chi connectivity index (χ0) is 12.7. The molecule has 0 bridgehead atoms. The smallest absolute Gasteiger partial charge is 0.166 e. The van der Waals surface area contributed by atoms with Crippen LogP contribution in [0.3, 0.4) is 0 Å². The van der Waals surface area contributed by atoms with Crippen LogP contribution in [-0.2, 0) is 9.47 Å². The Labute approximate surface area is 109 Å². The van der Waals surface area contributed by atoms with Gasteiger partial charge in [0.05, 0.1) is 12.7 Å². The van der Waals surface area contributed by atoms with Crippen molar-refractivity contribution < 1.29 is 9.47 Å². The molecule has 1 aliphatic rings. The Balaban J connectivity index is 2.19. The molecule has 3 atom stereocenters. The number of methoxy groups -OCH3 is 1. The zero-order valence-corrected chi connectivity index (χ0v) is 11.8. The van der Waals surface area contributed by atoms with Gasteiger partial charge in [-0.3, -0.25) is 0 Å². The first-order chi connectivity index (χ1) is 8.17. The highest BCUT2D eigenvalue weighted by Gasteiger charge is 2.26. The highest BCUT2D eigenvalue weighted by atomic mass is 32.1. The van der Waals surface area contributed by atoms with Crippen LogP contribution in [0.4, 0.5) is 0 Å². The summed E-state index contributed by atoms with van der Waals surface area (Å²) in [5.41, 5.74) is 0. The molecule has 1 rings (SSSR count). The molecule has 0 aromatic heterocycles. The van der Waals surface area contributed by atoms with Gasteiger partial charge in [0.15, 0.2) is 5.11 Å². The topological polar surface area (TPSA) is 42.5 Å². The molecule has 1 fully saturated rings. The third-order valence-corrected chi connectivity index (χ3v) is 3.33. The van der Waals surface area contributed by atoms with Crippen molar-refractivity contribution in [2.24, 2.45) is 5.92 Å². The number of hydrogen-bond donors (Lipinski definition) is 2. The van der Waals surface area contributed by atoms with E-state index in [4.69, 9.17) is 21.7 Å². The fourth-order valence-electron chi connectivity index (χ4n) is 2.17. The standard InChI is InChI=1S/C12H24N2O2S/c1-4-11-10(5-6-16-11)7-13-12(17)14-9(2)8-15-3/h9-11H,4-8H2,1-3H3,(H2,13,14,17). The van der Waals surface area contributed by atoms with Crippen molar-refractivity contribution >= 4 is 17.3 Å². The molecule has 100 valence electrons. The maximum Gasteiger partial charge on any atom is 0.166 e. The van der Waals surface area contributed by atoms with Gasteiger partial charge in [-0.05, 0) is 32.0 Å². The van der Waals surface area contributed by atoms with Gasteiger partial charge in [0, 0.05) is 32.2 Å². The third-order valence-electron chi connectivity index (χ3n) is 3.07. The molecule has 5 heteroatoms. The second kappa shape index (κ2) is 7.84. The van der Waals surface area contributed by atoms with E-state index in [-0.39, 0.29) is 6.04 Å². The van der Waals surface area contributed by atoms with Crippen LogP contribution in [0, 0.1) is 5.92 Å². The minimum atomic E-state index is 0.238. The average molecular weight is 260 g/mol. The lowest BCUT2D eigenvalue weighted by Gasteiger charge is -2.20. The minimum absolute atomic E-state index is 0.238. The molecular weight excluding hydrogens is 236 g/mol. The first kappa shape index (κ1) is 14.7. The predicted molar refractivity (Wildman–Crippen MR) is 73.2 cm³/mol. The van der Waals surface area contributed by atoms with Gasteiger partial charge >= 0.3 is 0 Å². The normalized spacial score (nSPS) is 25.6. The molecule has 3 unspecified atom stereocenters. The van der Waals surface area contributed by atoms with Gasteiger partial charge in [-0.2, -0.15) is 0 Å². The number of ether oxygens (including phenoxy) is 2. The van der Waals surface area contributed by atoms with Crippen LogP contribution < -0.4 is 10.6 Å². The van der Waals surface area contributed by atoms with Crippen LogP contribution in [0.2, 0.25) is 0 Å². The summed E-state index contributed by atoms with van der Waals surface area (Å²) < 4.78 is 10.7. The number of nitrogens with one attached hydrogen (secondary N) is 2. The molecular formula is C12H24N2O2S. The molecule has 0 amide bonds. The van der Waals surface area contributed by atoms with E-state index in [2.05, 4.69) is 17.6 Å². The third kappa shape index (κ3) is 5.19. The molecule has 1 heterocycles. The molecule has 2 N–H and O–H groups in total. The van der Waals surface area contributed by atoms with Crippen molar-refractivity contribution in [1.82, 2.24) is 10.6 Å². The zero-order valence-electron chi connectivity index (χ0n) is 11.0. The number of thiocarbonyl (C=S) groups is 1. The largest absolute Gasteiger partial charge is 0.383 e. The van der Waals surface area contributed by atoms with Crippen LogP contribution in [0.15, 0.2) is 0 Å². The van der Waals surface area contributed by atoms with Crippen LogP contribution in [0.5, 0.6) is 0 Å². The molecule has 0 radical (unpaired) electrons. The average Bonchev–Trinajstić information content (AvgIpc) is 2.73. The summed E-state index contributed by atoms with van der Waals surface area (Å²) >= 11 is 5.24. The van der Waals surface area contributed by atoms with E-state index in [0.29, 0.717) is 23.7 Å². The monoisotopic (exact) mass is 260 g/mol. The lowest BCUT2D eigenvalue weighted by atomic mass is 10.00. The first-order valence-corrected chi connectivity index (χ1v) is 6.73. The van der Waals surface area contributed by atoms with E-state index in [1.807, 2.05) is 6.92 Å². The maximum absolute atomic E-state index is 5.64. The van der Waals surface area contributed by atoms with Gasteiger partial charge < -0.3 is 20.1 Å². The Morgan fingerprint density at radius 1 is 1.59 bits per heavy atom. The van der Waals surface area contributed by atoms with Gasteiger partial charge in [0.2, 0.25) is 0 Å². The molecule has 0 aromatic rings. The van der Waals surface area contributed by atoms with Gasteiger partial charge in [-0.1, -0.05) is 6.92 Å².